The molecule has 0 saturated heterocycles. The molecule has 0 aliphatic heterocycles. The van der Waals surface area contributed by atoms with Crippen molar-refractivity contribution < 1.29 is 8.91 Å². The van der Waals surface area contributed by atoms with E-state index in [1.807, 2.05) is 6.92 Å². The fourth-order valence-electron chi connectivity index (χ4n) is 1.34. The van der Waals surface area contributed by atoms with E-state index in [1.165, 1.54) is 12.1 Å². The largest absolute Gasteiger partial charge is 0.334 e. The van der Waals surface area contributed by atoms with Crippen LogP contribution in [0.1, 0.15) is 24.5 Å². The molecule has 90 valence electrons. The highest BCUT2D eigenvalue weighted by atomic mass is 79.9. The Labute approximate surface area is 111 Å². The summed E-state index contributed by atoms with van der Waals surface area (Å²) >= 11 is 9.19. The number of benzene rings is 1. The van der Waals surface area contributed by atoms with Gasteiger partial charge >= 0.3 is 0 Å². The molecule has 2 rings (SSSR count). The summed E-state index contributed by atoms with van der Waals surface area (Å²) < 4.78 is 18.9. The zero-order chi connectivity index (χ0) is 12.4. The van der Waals surface area contributed by atoms with Gasteiger partial charge in [0.05, 0.1) is 5.38 Å². The smallest absolute Gasteiger partial charge is 0.258 e. The maximum absolute atomic E-state index is 13.2. The summed E-state index contributed by atoms with van der Waals surface area (Å²) in [5.74, 6) is 0.316. The van der Waals surface area contributed by atoms with Crippen molar-refractivity contribution in [3.8, 4) is 11.5 Å². The van der Waals surface area contributed by atoms with E-state index >= 15 is 0 Å². The third-order valence-electron chi connectivity index (χ3n) is 2.19. The van der Waals surface area contributed by atoms with Gasteiger partial charge < -0.3 is 4.52 Å². The van der Waals surface area contributed by atoms with Gasteiger partial charge in [0.1, 0.15) is 5.82 Å². The first kappa shape index (κ1) is 12.5. The standard InChI is InChI=1S/C11H9BrClFN2O/c1-2-9(13)10-15-11(17-16-10)6-3-7(12)5-8(14)4-6/h3-5,9H,2H2,1H3. The number of nitrogens with zero attached hydrogens (tertiary/aromatic N) is 2. The molecule has 0 N–H and O–H groups in total. The molecule has 0 saturated carbocycles. The van der Waals surface area contributed by atoms with Crippen LogP contribution in [0, 0.1) is 5.82 Å². The first-order valence-corrected chi connectivity index (χ1v) is 6.27. The Morgan fingerprint density at radius 3 is 2.88 bits per heavy atom. The van der Waals surface area contributed by atoms with E-state index in [-0.39, 0.29) is 17.1 Å². The Bertz CT molecular complexity index is 512. The maximum atomic E-state index is 13.2. The van der Waals surface area contributed by atoms with Gasteiger partial charge in [0, 0.05) is 10.0 Å². The van der Waals surface area contributed by atoms with E-state index < -0.39 is 0 Å². The molecule has 0 aliphatic carbocycles. The first-order chi connectivity index (χ1) is 8.10. The summed E-state index contributed by atoms with van der Waals surface area (Å²) in [6.45, 7) is 1.92. The summed E-state index contributed by atoms with van der Waals surface area (Å²) in [7, 11) is 0. The second kappa shape index (κ2) is 5.14. The molecule has 0 fully saturated rings. The Morgan fingerprint density at radius 2 is 2.24 bits per heavy atom. The third-order valence-corrected chi connectivity index (χ3v) is 3.15. The van der Waals surface area contributed by atoms with Gasteiger partial charge in [-0.25, -0.2) is 4.39 Å². The summed E-state index contributed by atoms with van der Waals surface area (Å²) in [6.07, 6.45) is 0.702. The SMILES string of the molecule is CCC(Cl)c1noc(-c2cc(F)cc(Br)c2)n1. The second-order valence-electron chi connectivity index (χ2n) is 3.49. The molecular formula is C11H9BrClFN2O. The van der Waals surface area contributed by atoms with Crippen molar-refractivity contribution in [2.75, 3.05) is 0 Å². The number of hydrogen-bond acceptors (Lipinski definition) is 3. The molecule has 1 aromatic heterocycles. The Hall–Kier alpha value is -0.940. The van der Waals surface area contributed by atoms with E-state index in [9.17, 15) is 4.39 Å². The van der Waals surface area contributed by atoms with Gasteiger partial charge in [0.15, 0.2) is 5.82 Å². The van der Waals surface area contributed by atoms with Crippen molar-refractivity contribution in [1.29, 1.82) is 0 Å². The maximum Gasteiger partial charge on any atom is 0.258 e. The van der Waals surface area contributed by atoms with E-state index in [2.05, 4.69) is 26.1 Å². The quantitative estimate of drug-likeness (QED) is 0.791. The average molecular weight is 320 g/mol. The van der Waals surface area contributed by atoms with Crippen LogP contribution in [0.2, 0.25) is 0 Å². The van der Waals surface area contributed by atoms with Gasteiger partial charge in [-0.1, -0.05) is 28.0 Å². The minimum atomic E-state index is -0.368. The van der Waals surface area contributed by atoms with Crippen LogP contribution in [0.15, 0.2) is 27.2 Å². The van der Waals surface area contributed by atoms with Crippen LogP contribution in [0.25, 0.3) is 11.5 Å². The molecule has 0 aliphatic rings. The van der Waals surface area contributed by atoms with E-state index in [0.717, 1.165) is 0 Å². The van der Waals surface area contributed by atoms with Crippen molar-refractivity contribution >= 4 is 27.5 Å². The van der Waals surface area contributed by atoms with Crippen LogP contribution >= 0.6 is 27.5 Å². The summed E-state index contributed by atoms with van der Waals surface area (Å²) in [6, 6.07) is 4.39. The number of halogens is 3. The van der Waals surface area contributed by atoms with Crippen LogP contribution in [0.4, 0.5) is 4.39 Å². The van der Waals surface area contributed by atoms with Crippen LogP contribution in [0.3, 0.4) is 0 Å². The fraction of sp³-hybridized carbons (Fsp3) is 0.273. The number of alkyl halides is 1. The number of aromatic nitrogens is 2. The molecule has 0 amide bonds. The topological polar surface area (TPSA) is 38.9 Å². The minimum absolute atomic E-state index is 0.263. The van der Waals surface area contributed by atoms with Gasteiger partial charge in [-0.2, -0.15) is 4.98 Å². The molecule has 1 unspecified atom stereocenters. The summed E-state index contributed by atoms with van der Waals surface area (Å²) in [5, 5.41) is 3.48. The lowest BCUT2D eigenvalue weighted by Gasteiger charge is -1.97. The molecule has 1 heterocycles. The summed E-state index contributed by atoms with van der Waals surface area (Å²) in [5.41, 5.74) is 0.524. The Morgan fingerprint density at radius 1 is 1.47 bits per heavy atom. The lowest BCUT2D eigenvalue weighted by molar-refractivity contribution is 0.421. The summed E-state index contributed by atoms with van der Waals surface area (Å²) in [4.78, 5) is 4.14. The average Bonchev–Trinajstić information content (AvgIpc) is 2.76. The van der Waals surface area contributed by atoms with Crippen LogP contribution in [-0.4, -0.2) is 10.1 Å². The molecule has 6 heteroatoms. The Kier molecular flexibility index (Phi) is 3.79. The normalized spacial score (nSPS) is 12.7. The number of rotatable bonds is 3. The molecule has 0 bridgehead atoms. The predicted molar refractivity (Wildman–Crippen MR) is 66.3 cm³/mol. The van der Waals surface area contributed by atoms with Gasteiger partial charge in [-0.3, -0.25) is 0 Å². The minimum Gasteiger partial charge on any atom is -0.334 e. The molecule has 0 radical (unpaired) electrons. The third kappa shape index (κ3) is 2.84. The monoisotopic (exact) mass is 318 g/mol. The lowest BCUT2D eigenvalue weighted by atomic mass is 10.2. The molecule has 1 aromatic carbocycles. The van der Waals surface area contributed by atoms with Crippen LogP contribution in [0.5, 0.6) is 0 Å². The molecule has 3 nitrogen and oxygen atoms in total. The fourth-order valence-corrected chi connectivity index (χ4v) is 1.89. The molecule has 2 aromatic rings. The predicted octanol–water partition coefficient (Wildman–Crippen LogP) is 4.33. The van der Waals surface area contributed by atoms with E-state index in [1.54, 1.807) is 6.07 Å². The van der Waals surface area contributed by atoms with Crippen LogP contribution in [-0.2, 0) is 0 Å². The highest BCUT2D eigenvalue weighted by molar-refractivity contribution is 9.10. The lowest BCUT2D eigenvalue weighted by Crippen LogP contribution is -1.90. The van der Waals surface area contributed by atoms with Crippen molar-refractivity contribution in [3.05, 3.63) is 34.3 Å². The molecule has 0 spiro atoms. The van der Waals surface area contributed by atoms with Crippen LogP contribution < -0.4 is 0 Å². The molecular weight excluding hydrogens is 310 g/mol. The van der Waals surface area contributed by atoms with Gasteiger partial charge in [-0.15, -0.1) is 11.6 Å². The highest BCUT2D eigenvalue weighted by Gasteiger charge is 2.15. The first-order valence-electron chi connectivity index (χ1n) is 5.04. The van der Waals surface area contributed by atoms with Crippen molar-refractivity contribution in [3.63, 3.8) is 0 Å². The van der Waals surface area contributed by atoms with Crippen molar-refractivity contribution in [1.82, 2.24) is 10.1 Å². The molecule has 17 heavy (non-hydrogen) atoms. The molecule has 1 atom stereocenters. The second-order valence-corrected chi connectivity index (χ2v) is 4.93. The zero-order valence-corrected chi connectivity index (χ0v) is 11.3. The highest BCUT2D eigenvalue weighted by Crippen LogP contribution is 2.26. The zero-order valence-electron chi connectivity index (χ0n) is 8.95. The van der Waals surface area contributed by atoms with Gasteiger partial charge in [0.2, 0.25) is 0 Å². The Balaban J connectivity index is 2.36. The van der Waals surface area contributed by atoms with E-state index in [4.69, 9.17) is 16.1 Å². The van der Waals surface area contributed by atoms with Gasteiger partial charge in [0.25, 0.3) is 5.89 Å². The van der Waals surface area contributed by atoms with Crippen molar-refractivity contribution in [2.24, 2.45) is 0 Å². The van der Waals surface area contributed by atoms with E-state index in [0.29, 0.717) is 22.3 Å². The van der Waals surface area contributed by atoms with Crippen molar-refractivity contribution in [2.45, 2.75) is 18.7 Å². The van der Waals surface area contributed by atoms with Gasteiger partial charge in [-0.05, 0) is 24.6 Å². The number of hydrogen-bond donors (Lipinski definition) is 0.